The van der Waals surface area contributed by atoms with E-state index in [4.69, 9.17) is 0 Å². The Balaban J connectivity index is 1.73. The summed E-state index contributed by atoms with van der Waals surface area (Å²) < 4.78 is 0. The minimum atomic E-state index is -0.157. The maximum Gasteiger partial charge on any atom is 0.144 e. The summed E-state index contributed by atoms with van der Waals surface area (Å²) in [6.45, 7) is 4.18. The topological polar surface area (TPSA) is 29.1 Å². The van der Waals surface area contributed by atoms with E-state index in [1.54, 1.807) is 0 Å². The number of piperidine rings is 1. The molecule has 1 heterocycles. The van der Waals surface area contributed by atoms with E-state index in [1.165, 1.54) is 22.3 Å². The first-order valence-corrected chi connectivity index (χ1v) is 9.58. The van der Waals surface area contributed by atoms with Gasteiger partial charge in [-0.15, -0.1) is 0 Å². The van der Waals surface area contributed by atoms with Crippen molar-refractivity contribution in [1.82, 2.24) is 5.32 Å². The number of carbonyl (C=O) groups is 1. The summed E-state index contributed by atoms with van der Waals surface area (Å²) >= 11 is 0. The first-order valence-electron chi connectivity index (χ1n) is 9.58. The highest BCUT2D eigenvalue weighted by Gasteiger charge is 2.38. The van der Waals surface area contributed by atoms with Crippen LogP contribution in [0.5, 0.6) is 0 Å². The van der Waals surface area contributed by atoms with Gasteiger partial charge in [0.25, 0.3) is 0 Å². The molecule has 1 N–H and O–H groups in total. The monoisotopic (exact) mass is 355 g/mol. The third kappa shape index (κ3) is 3.72. The maximum atomic E-state index is 13.3. The molecule has 0 saturated carbocycles. The first kappa shape index (κ1) is 17.7. The van der Waals surface area contributed by atoms with Crippen molar-refractivity contribution in [3.63, 3.8) is 0 Å². The van der Waals surface area contributed by atoms with Crippen molar-refractivity contribution in [2.24, 2.45) is 0 Å². The van der Waals surface area contributed by atoms with Crippen molar-refractivity contribution in [3.05, 3.63) is 107 Å². The van der Waals surface area contributed by atoms with E-state index in [0.717, 1.165) is 5.56 Å². The Hall–Kier alpha value is -2.71. The molecule has 1 fully saturated rings. The molecule has 0 aromatic heterocycles. The molecule has 1 saturated heterocycles. The number of benzene rings is 3. The molecule has 0 unspecified atom stereocenters. The predicted octanol–water partition coefficient (Wildman–Crippen LogP) is 5.43. The highest BCUT2D eigenvalue weighted by Crippen LogP contribution is 2.40. The fraction of sp³-hybridized carbons (Fsp3) is 0.240. The highest BCUT2D eigenvalue weighted by atomic mass is 16.1. The summed E-state index contributed by atoms with van der Waals surface area (Å²) in [4.78, 5) is 13.3. The van der Waals surface area contributed by atoms with E-state index in [0.29, 0.717) is 12.2 Å². The first-order chi connectivity index (χ1) is 13.1. The summed E-state index contributed by atoms with van der Waals surface area (Å²) in [5, 5.41) is 3.78. The minimum Gasteiger partial charge on any atom is -0.302 e. The molecule has 2 heteroatoms. The summed E-state index contributed by atoms with van der Waals surface area (Å²) in [7, 11) is 0. The van der Waals surface area contributed by atoms with Gasteiger partial charge in [0, 0.05) is 18.5 Å². The van der Waals surface area contributed by atoms with Gasteiger partial charge in [0.05, 0.1) is 5.92 Å². The van der Waals surface area contributed by atoms with E-state index in [1.807, 2.05) is 18.2 Å². The average Bonchev–Trinajstić information content (AvgIpc) is 2.69. The third-order valence-electron chi connectivity index (χ3n) is 5.54. The molecule has 3 atom stereocenters. The average molecular weight is 355 g/mol. The second-order valence-corrected chi connectivity index (χ2v) is 7.58. The largest absolute Gasteiger partial charge is 0.302 e. The molecule has 3 aromatic carbocycles. The normalized spacial score (nSPS) is 22.6. The fourth-order valence-corrected chi connectivity index (χ4v) is 4.00. The maximum absolute atomic E-state index is 13.3. The molecule has 136 valence electrons. The van der Waals surface area contributed by atoms with Crippen LogP contribution >= 0.6 is 0 Å². The zero-order valence-electron chi connectivity index (χ0n) is 15.9. The Kier molecular flexibility index (Phi) is 4.91. The molecule has 4 rings (SSSR count). The lowest BCUT2D eigenvalue weighted by molar-refractivity contribution is -0.123. The van der Waals surface area contributed by atoms with Crippen LogP contribution in [0.1, 0.15) is 52.2 Å². The fourth-order valence-electron chi connectivity index (χ4n) is 4.00. The summed E-state index contributed by atoms with van der Waals surface area (Å²) in [5.74, 6) is 0.145. The van der Waals surface area contributed by atoms with Gasteiger partial charge in [-0.05, 0) is 30.5 Å². The van der Waals surface area contributed by atoms with E-state index in [-0.39, 0.29) is 18.0 Å². The molecule has 0 radical (unpaired) electrons. The van der Waals surface area contributed by atoms with Crippen LogP contribution in [-0.4, -0.2) is 5.78 Å². The Bertz CT molecular complexity index is 913. The molecule has 1 aliphatic rings. The van der Waals surface area contributed by atoms with E-state index < -0.39 is 0 Å². The Morgan fingerprint density at radius 1 is 0.704 bits per heavy atom. The van der Waals surface area contributed by atoms with Gasteiger partial charge in [0.15, 0.2) is 0 Å². The van der Waals surface area contributed by atoms with E-state index >= 15 is 0 Å². The number of carbonyl (C=O) groups excluding carboxylic acids is 1. The third-order valence-corrected chi connectivity index (χ3v) is 5.54. The standard InChI is InChI=1S/C25H25NO/c1-17-8-12-19(13-9-17)22-16-23(27)24(20-6-4-3-5-7-20)25(26-22)21-14-10-18(2)11-15-21/h3-15,22,24-26H,16H2,1-2H3/t22-,24+,25-/m1/s1. The Morgan fingerprint density at radius 2 is 1.26 bits per heavy atom. The van der Waals surface area contributed by atoms with Gasteiger partial charge in [0.1, 0.15) is 5.78 Å². The number of aryl methyl sites for hydroxylation is 2. The number of hydrogen-bond donors (Lipinski definition) is 1. The number of hydrogen-bond acceptors (Lipinski definition) is 2. The van der Waals surface area contributed by atoms with Crippen molar-refractivity contribution in [2.75, 3.05) is 0 Å². The van der Waals surface area contributed by atoms with Gasteiger partial charge >= 0.3 is 0 Å². The van der Waals surface area contributed by atoms with Crippen LogP contribution in [0.4, 0.5) is 0 Å². The van der Waals surface area contributed by atoms with Gasteiger partial charge in [0.2, 0.25) is 0 Å². The van der Waals surface area contributed by atoms with Gasteiger partial charge < -0.3 is 5.32 Å². The smallest absolute Gasteiger partial charge is 0.144 e. The van der Waals surface area contributed by atoms with Crippen molar-refractivity contribution >= 4 is 5.78 Å². The SMILES string of the molecule is Cc1ccc([C@H]2N[C@@H](c3ccc(C)cc3)CC(=O)[C@@H]2c2ccccc2)cc1. The van der Waals surface area contributed by atoms with Crippen LogP contribution in [-0.2, 0) is 4.79 Å². The molecule has 0 aliphatic carbocycles. The number of nitrogens with one attached hydrogen (secondary N) is 1. The van der Waals surface area contributed by atoms with Gasteiger partial charge in [-0.3, -0.25) is 4.79 Å². The van der Waals surface area contributed by atoms with E-state index in [9.17, 15) is 4.79 Å². The highest BCUT2D eigenvalue weighted by molar-refractivity contribution is 5.88. The van der Waals surface area contributed by atoms with Crippen LogP contribution in [0, 0.1) is 13.8 Å². The summed E-state index contributed by atoms with van der Waals surface area (Å²) in [5.41, 5.74) is 5.89. The second kappa shape index (κ2) is 7.50. The van der Waals surface area contributed by atoms with Gasteiger partial charge in [-0.2, -0.15) is 0 Å². The van der Waals surface area contributed by atoms with Crippen molar-refractivity contribution in [2.45, 2.75) is 38.3 Å². The predicted molar refractivity (Wildman–Crippen MR) is 110 cm³/mol. The van der Waals surface area contributed by atoms with Crippen molar-refractivity contribution in [1.29, 1.82) is 0 Å². The molecule has 27 heavy (non-hydrogen) atoms. The Labute approximate surface area is 161 Å². The molecule has 0 amide bonds. The van der Waals surface area contributed by atoms with Crippen molar-refractivity contribution in [3.8, 4) is 0 Å². The van der Waals surface area contributed by atoms with E-state index in [2.05, 4.69) is 79.8 Å². The number of ketones is 1. The van der Waals surface area contributed by atoms with Gasteiger partial charge in [-0.1, -0.05) is 90.0 Å². The molecule has 1 aliphatic heterocycles. The zero-order chi connectivity index (χ0) is 18.8. The lowest BCUT2D eigenvalue weighted by Gasteiger charge is -2.37. The van der Waals surface area contributed by atoms with Crippen LogP contribution in [0.25, 0.3) is 0 Å². The molecule has 3 aromatic rings. The molecule has 0 bridgehead atoms. The zero-order valence-corrected chi connectivity index (χ0v) is 15.9. The quantitative estimate of drug-likeness (QED) is 0.678. The molecular weight excluding hydrogens is 330 g/mol. The van der Waals surface area contributed by atoms with Crippen LogP contribution in [0.2, 0.25) is 0 Å². The molecule has 2 nitrogen and oxygen atoms in total. The summed E-state index contributed by atoms with van der Waals surface area (Å²) in [6.07, 6.45) is 0.519. The summed E-state index contributed by atoms with van der Waals surface area (Å²) in [6, 6.07) is 27.2. The van der Waals surface area contributed by atoms with Gasteiger partial charge in [-0.25, -0.2) is 0 Å². The minimum absolute atomic E-state index is 0.0273. The molecule has 0 spiro atoms. The number of Topliss-reactive ketones (excluding diaryl/α,β-unsaturated/α-hetero) is 1. The van der Waals surface area contributed by atoms with Crippen LogP contribution < -0.4 is 5.32 Å². The Morgan fingerprint density at radius 3 is 1.85 bits per heavy atom. The van der Waals surface area contributed by atoms with Crippen molar-refractivity contribution < 1.29 is 4.79 Å². The number of rotatable bonds is 3. The van der Waals surface area contributed by atoms with Crippen LogP contribution in [0.3, 0.4) is 0 Å². The van der Waals surface area contributed by atoms with Crippen LogP contribution in [0.15, 0.2) is 78.9 Å². The molecular formula is C25H25NO. The second-order valence-electron chi connectivity index (χ2n) is 7.58. The lowest BCUT2D eigenvalue weighted by atomic mass is 9.77. The lowest BCUT2D eigenvalue weighted by Crippen LogP contribution is -2.41.